The van der Waals surface area contributed by atoms with E-state index in [-0.39, 0.29) is 11.5 Å². The molecule has 6 nitrogen and oxygen atoms in total. The van der Waals surface area contributed by atoms with Gasteiger partial charge in [-0.3, -0.25) is 4.98 Å². The number of pyridine rings is 2. The van der Waals surface area contributed by atoms with Gasteiger partial charge in [-0.2, -0.15) is 4.39 Å². The van der Waals surface area contributed by atoms with Gasteiger partial charge in [0.1, 0.15) is 12.2 Å². The third-order valence-electron chi connectivity index (χ3n) is 3.72. The van der Waals surface area contributed by atoms with E-state index in [1.54, 1.807) is 24.4 Å². The van der Waals surface area contributed by atoms with Crippen molar-refractivity contribution in [1.82, 2.24) is 9.97 Å². The van der Waals surface area contributed by atoms with Gasteiger partial charge in [-0.1, -0.05) is 0 Å². The Balaban J connectivity index is 1.77. The van der Waals surface area contributed by atoms with Gasteiger partial charge >= 0.3 is 0 Å². The number of aromatic nitrogens is 2. The monoisotopic (exact) mass is 352 g/mol. The van der Waals surface area contributed by atoms with Crippen LogP contribution in [-0.2, 0) is 0 Å². The lowest BCUT2D eigenvalue weighted by Gasteiger charge is -2.34. The van der Waals surface area contributed by atoms with Crippen molar-refractivity contribution in [3.05, 3.63) is 42.1 Å². The van der Waals surface area contributed by atoms with Gasteiger partial charge in [0, 0.05) is 23.2 Å². The van der Waals surface area contributed by atoms with Gasteiger partial charge in [0.05, 0.1) is 11.8 Å². The lowest BCUT2D eigenvalue weighted by Crippen LogP contribution is -2.50. The standard InChI is InChI=1S/C16H17FN2O4S/c1-8-2-3-9(6-18-8)10-4-5-12(15(17)19-10)23-16-14(22)13(21)11(20)7-24-16/h2-6,11,13-14,16,20-22H,7H2,1H3/t11-,13+,14-,16+/m1/s1. The number of hydrogen-bond donors (Lipinski definition) is 3. The maximum atomic E-state index is 14.2. The number of aliphatic hydroxyl groups excluding tert-OH is 3. The highest BCUT2D eigenvalue weighted by Gasteiger charge is 2.38. The topological polar surface area (TPSA) is 95.7 Å². The zero-order valence-electron chi connectivity index (χ0n) is 12.8. The minimum atomic E-state index is -1.33. The molecule has 3 N–H and O–H groups in total. The molecule has 0 spiro atoms. The van der Waals surface area contributed by atoms with Crippen LogP contribution in [0.15, 0.2) is 30.5 Å². The van der Waals surface area contributed by atoms with Crippen LogP contribution < -0.4 is 4.74 Å². The fraction of sp³-hybridized carbons (Fsp3) is 0.375. The zero-order chi connectivity index (χ0) is 17.3. The summed E-state index contributed by atoms with van der Waals surface area (Å²) < 4.78 is 19.6. The molecule has 2 aromatic rings. The van der Waals surface area contributed by atoms with Crippen LogP contribution in [0.3, 0.4) is 0 Å². The van der Waals surface area contributed by atoms with Crippen molar-refractivity contribution in [1.29, 1.82) is 0 Å². The van der Waals surface area contributed by atoms with E-state index in [9.17, 15) is 19.7 Å². The van der Waals surface area contributed by atoms with Crippen LogP contribution in [0, 0.1) is 12.9 Å². The number of thioether (sulfide) groups is 1. The first-order chi connectivity index (χ1) is 11.5. The molecule has 0 amide bonds. The first-order valence-electron chi connectivity index (χ1n) is 7.38. The summed E-state index contributed by atoms with van der Waals surface area (Å²) in [7, 11) is 0. The summed E-state index contributed by atoms with van der Waals surface area (Å²) in [5, 5.41) is 29.1. The van der Waals surface area contributed by atoms with Crippen molar-refractivity contribution in [3.63, 3.8) is 0 Å². The van der Waals surface area contributed by atoms with Crippen LogP contribution in [0.5, 0.6) is 5.75 Å². The van der Waals surface area contributed by atoms with Crippen molar-refractivity contribution >= 4 is 11.8 Å². The number of ether oxygens (including phenoxy) is 1. The van der Waals surface area contributed by atoms with E-state index < -0.39 is 29.7 Å². The highest BCUT2D eigenvalue weighted by Crippen LogP contribution is 2.30. The molecule has 1 aliphatic rings. The van der Waals surface area contributed by atoms with Gasteiger partial charge in [-0.15, -0.1) is 11.8 Å². The minimum absolute atomic E-state index is 0.126. The lowest BCUT2D eigenvalue weighted by atomic mass is 10.1. The van der Waals surface area contributed by atoms with E-state index in [1.165, 1.54) is 6.07 Å². The molecule has 1 aliphatic heterocycles. The molecule has 128 valence electrons. The van der Waals surface area contributed by atoms with Gasteiger partial charge in [0.15, 0.2) is 11.2 Å². The van der Waals surface area contributed by atoms with E-state index in [0.717, 1.165) is 17.5 Å². The Hall–Kier alpha value is -1.74. The van der Waals surface area contributed by atoms with Crippen molar-refractivity contribution in [3.8, 4) is 17.0 Å². The first-order valence-corrected chi connectivity index (χ1v) is 8.42. The Kier molecular flexibility index (Phi) is 5.00. The third kappa shape index (κ3) is 3.51. The molecule has 0 aliphatic carbocycles. The molecule has 0 radical (unpaired) electrons. The molecule has 24 heavy (non-hydrogen) atoms. The molecule has 1 fully saturated rings. The molecule has 0 bridgehead atoms. The molecule has 8 heteroatoms. The maximum Gasteiger partial charge on any atom is 0.255 e. The average molecular weight is 352 g/mol. The summed E-state index contributed by atoms with van der Waals surface area (Å²) in [6.45, 7) is 1.85. The Morgan fingerprint density at radius 2 is 1.96 bits per heavy atom. The highest BCUT2D eigenvalue weighted by molar-refractivity contribution is 7.99. The summed E-state index contributed by atoms with van der Waals surface area (Å²) in [5.74, 6) is -0.758. The SMILES string of the molecule is Cc1ccc(-c2ccc(O[C@H]3SC[C@@H](O)[C@H](O)[C@H]3O)c(F)n2)cn1. The first kappa shape index (κ1) is 17.1. The van der Waals surface area contributed by atoms with E-state index in [4.69, 9.17) is 4.74 Å². The Labute approximate surface area is 142 Å². The smallest absolute Gasteiger partial charge is 0.255 e. The number of aliphatic hydroxyl groups is 3. The van der Waals surface area contributed by atoms with Gasteiger partial charge in [0.25, 0.3) is 5.95 Å². The van der Waals surface area contributed by atoms with Crippen molar-refractivity contribution < 1.29 is 24.4 Å². The van der Waals surface area contributed by atoms with Crippen LogP contribution in [0.25, 0.3) is 11.3 Å². The van der Waals surface area contributed by atoms with Crippen LogP contribution >= 0.6 is 11.8 Å². The van der Waals surface area contributed by atoms with E-state index in [1.807, 2.05) is 6.92 Å². The van der Waals surface area contributed by atoms with Gasteiger partial charge < -0.3 is 20.1 Å². The quantitative estimate of drug-likeness (QED) is 0.713. The number of halogens is 1. The second-order valence-corrected chi connectivity index (χ2v) is 6.67. The van der Waals surface area contributed by atoms with E-state index >= 15 is 0 Å². The third-order valence-corrected chi connectivity index (χ3v) is 4.96. The minimum Gasteiger partial charge on any atom is -0.472 e. The fourth-order valence-electron chi connectivity index (χ4n) is 2.30. The lowest BCUT2D eigenvalue weighted by molar-refractivity contribution is -0.0790. The van der Waals surface area contributed by atoms with Crippen LogP contribution in [-0.4, -0.2) is 54.8 Å². The summed E-state index contributed by atoms with van der Waals surface area (Å²) in [6.07, 6.45) is -2.08. The molecule has 0 unspecified atom stereocenters. The van der Waals surface area contributed by atoms with Crippen molar-refractivity contribution in [2.75, 3.05) is 5.75 Å². The molecule has 0 aromatic carbocycles. The molecule has 4 atom stereocenters. The Morgan fingerprint density at radius 1 is 1.17 bits per heavy atom. The van der Waals surface area contributed by atoms with Gasteiger partial charge in [-0.25, -0.2) is 4.98 Å². The molecular formula is C16H17FN2O4S. The van der Waals surface area contributed by atoms with Gasteiger partial charge in [-0.05, 0) is 31.2 Å². The molecular weight excluding hydrogens is 335 g/mol. The normalized spacial score (nSPS) is 27.0. The summed E-state index contributed by atoms with van der Waals surface area (Å²) in [6, 6.07) is 6.61. The van der Waals surface area contributed by atoms with Crippen LogP contribution in [0.4, 0.5) is 4.39 Å². The summed E-state index contributed by atoms with van der Waals surface area (Å²) in [4.78, 5) is 8.01. The highest BCUT2D eigenvalue weighted by atomic mass is 32.2. The molecule has 3 heterocycles. The van der Waals surface area contributed by atoms with Crippen LogP contribution in [0.2, 0.25) is 0 Å². The van der Waals surface area contributed by atoms with Crippen LogP contribution in [0.1, 0.15) is 5.69 Å². The molecule has 1 saturated heterocycles. The predicted octanol–water partition coefficient (Wildman–Crippen LogP) is 1.13. The van der Waals surface area contributed by atoms with Crippen molar-refractivity contribution in [2.45, 2.75) is 30.7 Å². The number of hydrogen-bond acceptors (Lipinski definition) is 7. The fourth-order valence-corrected chi connectivity index (χ4v) is 3.41. The summed E-state index contributed by atoms with van der Waals surface area (Å²) in [5.41, 5.74) is 1.06. The average Bonchev–Trinajstić information content (AvgIpc) is 2.57. The number of rotatable bonds is 3. The Bertz CT molecular complexity index is 716. The van der Waals surface area contributed by atoms with E-state index in [0.29, 0.717) is 11.3 Å². The largest absolute Gasteiger partial charge is 0.472 e. The second kappa shape index (κ2) is 7.02. The number of nitrogens with zero attached hydrogens (tertiary/aromatic N) is 2. The van der Waals surface area contributed by atoms with E-state index in [2.05, 4.69) is 9.97 Å². The maximum absolute atomic E-state index is 14.2. The molecule has 3 rings (SSSR count). The van der Waals surface area contributed by atoms with Crippen molar-refractivity contribution in [2.24, 2.45) is 0 Å². The second-order valence-electron chi connectivity index (χ2n) is 5.54. The zero-order valence-corrected chi connectivity index (χ0v) is 13.7. The Morgan fingerprint density at radius 3 is 2.62 bits per heavy atom. The number of aryl methyl sites for hydroxylation is 1. The summed E-state index contributed by atoms with van der Waals surface area (Å²) >= 11 is 1.10. The van der Waals surface area contributed by atoms with Gasteiger partial charge in [0.2, 0.25) is 0 Å². The predicted molar refractivity (Wildman–Crippen MR) is 87.1 cm³/mol. The molecule has 0 saturated carbocycles. The molecule has 2 aromatic heterocycles.